The molecule has 0 bridgehead atoms. The molecule has 0 aromatic heterocycles. The second kappa shape index (κ2) is 4.25. The van der Waals surface area contributed by atoms with Gasteiger partial charge >= 0.3 is 12.0 Å². The SMILES string of the molecule is FC(F)=C(F)C(F)(F)C1CCCCO1. The van der Waals surface area contributed by atoms with Gasteiger partial charge in [-0.3, -0.25) is 0 Å². The highest BCUT2D eigenvalue weighted by molar-refractivity contribution is 5.08. The Balaban J connectivity index is 2.77. The van der Waals surface area contributed by atoms with Crippen molar-refractivity contribution in [2.24, 2.45) is 0 Å². The normalized spacial score (nSPS) is 23.4. The molecule has 6 heteroatoms. The summed E-state index contributed by atoms with van der Waals surface area (Å²) in [5, 5.41) is 0. The standard InChI is InChI=1S/C8H9F5O/c9-6(7(10)11)8(12,13)5-3-1-2-4-14-5/h5H,1-4H2. The summed E-state index contributed by atoms with van der Waals surface area (Å²) in [4.78, 5) is 0. The van der Waals surface area contributed by atoms with E-state index in [1.807, 2.05) is 0 Å². The van der Waals surface area contributed by atoms with Crippen molar-refractivity contribution in [1.29, 1.82) is 0 Å². The Bertz CT molecular complexity index is 228. The van der Waals surface area contributed by atoms with Crippen LogP contribution in [0.5, 0.6) is 0 Å². The third-order valence-corrected chi connectivity index (χ3v) is 2.04. The predicted molar refractivity (Wildman–Crippen MR) is 38.9 cm³/mol. The molecule has 1 atom stereocenters. The van der Waals surface area contributed by atoms with Crippen molar-refractivity contribution in [1.82, 2.24) is 0 Å². The van der Waals surface area contributed by atoms with Crippen LogP contribution in [0.4, 0.5) is 22.0 Å². The lowest BCUT2D eigenvalue weighted by molar-refractivity contribution is -0.142. The molecule has 1 fully saturated rings. The van der Waals surface area contributed by atoms with Crippen LogP contribution in [0, 0.1) is 0 Å². The van der Waals surface area contributed by atoms with Gasteiger partial charge in [0.15, 0.2) is 0 Å². The lowest BCUT2D eigenvalue weighted by Gasteiger charge is -2.28. The number of ether oxygens (including phenoxy) is 1. The van der Waals surface area contributed by atoms with Gasteiger partial charge in [0.2, 0.25) is 5.83 Å². The van der Waals surface area contributed by atoms with Gasteiger partial charge in [0.05, 0.1) is 0 Å². The quantitative estimate of drug-likeness (QED) is 0.643. The van der Waals surface area contributed by atoms with Crippen molar-refractivity contribution in [2.75, 3.05) is 6.61 Å². The zero-order valence-corrected chi connectivity index (χ0v) is 7.20. The number of rotatable bonds is 2. The molecule has 0 amide bonds. The number of alkyl halides is 2. The van der Waals surface area contributed by atoms with Crippen molar-refractivity contribution in [2.45, 2.75) is 31.3 Å². The minimum Gasteiger partial charge on any atom is -0.371 e. The second-order valence-electron chi connectivity index (χ2n) is 3.05. The fourth-order valence-corrected chi connectivity index (χ4v) is 1.29. The fraction of sp³-hybridized carbons (Fsp3) is 0.750. The van der Waals surface area contributed by atoms with E-state index >= 15 is 0 Å². The second-order valence-corrected chi connectivity index (χ2v) is 3.05. The minimum atomic E-state index is -4.21. The highest BCUT2D eigenvalue weighted by Gasteiger charge is 2.48. The summed E-state index contributed by atoms with van der Waals surface area (Å²) in [5.41, 5.74) is 0. The molecule has 1 nitrogen and oxygen atoms in total. The molecule has 0 spiro atoms. The minimum absolute atomic E-state index is 0.0570. The molecule has 14 heavy (non-hydrogen) atoms. The first-order chi connectivity index (χ1) is 6.46. The van der Waals surface area contributed by atoms with Crippen LogP contribution in [0.3, 0.4) is 0 Å². The third kappa shape index (κ3) is 2.23. The molecular weight excluding hydrogens is 207 g/mol. The van der Waals surface area contributed by atoms with Gasteiger partial charge in [0.25, 0.3) is 0 Å². The summed E-state index contributed by atoms with van der Waals surface area (Å²) in [7, 11) is 0. The van der Waals surface area contributed by atoms with Crippen LogP contribution in [0.25, 0.3) is 0 Å². The average molecular weight is 216 g/mol. The predicted octanol–water partition coefficient (Wildman–Crippen LogP) is 3.27. The molecule has 0 radical (unpaired) electrons. The Morgan fingerprint density at radius 1 is 1.14 bits per heavy atom. The van der Waals surface area contributed by atoms with Gasteiger partial charge in [-0.25, -0.2) is 0 Å². The first-order valence-corrected chi connectivity index (χ1v) is 4.17. The number of halogens is 5. The maximum absolute atomic E-state index is 12.9. The van der Waals surface area contributed by atoms with Crippen LogP contribution >= 0.6 is 0 Å². The molecule has 0 saturated carbocycles. The Kier molecular flexibility index (Phi) is 3.47. The van der Waals surface area contributed by atoms with Gasteiger partial charge in [0, 0.05) is 6.61 Å². The van der Waals surface area contributed by atoms with E-state index in [4.69, 9.17) is 0 Å². The molecule has 0 aromatic rings. The van der Waals surface area contributed by atoms with Crippen LogP contribution < -0.4 is 0 Å². The lowest BCUT2D eigenvalue weighted by Crippen LogP contribution is -2.39. The Morgan fingerprint density at radius 2 is 1.79 bits per heavy atom. The van der Waals surface area contributed by atoms with Gasteiger partial charge in [-0.2, -0.15) is 22.0 Å². The van der Waals surface area contributed by atoms with Crippen molar-refractivity contribution in [3.05, 3.63) is 11.9 Å². The summed E-state index contributed by atoms with van der Waals surface area (Å²) >= 11 is 0. The lowest BCUT2D eigenvalue weighted by atomic mass is 10.0. The van der Waals surface area contributed by atoms with Crippen molar-refractivity contribution < 1.29 is 26.7 Å². The first-order valence-electron chi connectivity index (χ1n) is 4.17. The average Bonchev–Trinajstić information content (AvgIpc) is 2.18. The maximum atomic E-state index is 12.9. The third-order valence-electron chi connectivity index (χ3n) is 2.04. The smallest absolute Gasteiger partial charge is 0.329 e. The Morgan fingerprint density at radius 3 is 2.21 bits per heavy atom. The molecule has 0 N–H and O–H groups in total. The van der Waals surface area contributed by atoms with Gasteiger partial charge in [-0.15, -0.1) is 0 Å². The molecule has 1 unspecified atom stereocenters. The summed E-state index contributed by atoms with van der Waals surface area (Å²) in [6.07, 6.45) is -3.83. The van der Waals surface area contributed by atoms with Gasteiger partial charge in [-0.1, -0.05) is 0 Å². The highest BCUT2D eigenvalue weighted by Crippen LogP contribution is 2.37. The van der Waals surface area contributed by atoms with Crippen LogP contribution in [0.1, 0.15) is 19.3 Å². The Labute approximate surface area is 77.5 Å². The summed E-state index contributed by atoms with van der Waals surface area (Å²) in [6, 6.07) is 0. The van der Waals surface area contributed by atoms with Crippen LogP contribution in [-0.4, -0.2) is 18.6 Å². The first kappa shape index (κ1) is 11.4. The van der Waals surface area contributed by atoms with Gasteiger partial charge in [0.1, 0.15) is 6.10 Å². The molecule has 82 valence electrons. The van der Waals surface area contributed by atoms with Crippen molar-refractivity contribution in [3.8, 4) is 0 Å². The van der Waals surface area contributed by atoms with E-state index in [1.54, 1.807) is 0 Å². The van der Waals surface area contributed by atoms with E-state index < -0.39 is 23.9 Å². The van der Waals surface area contributed by atoms with E-state index in [2.05, 4.69) is 4.74 Å². The van der Waals surface area contributed by atoms with Gasteiger partial charge < -0.3 is 4.74 Å². The monoisotopic (exact) mass is 216 g/mol. The van der Waals surface area contributed by atoms with E-state index in [9.17, 15) is 22.0 Å². The Hall–Kier alpha value is -0.650. The van der Waals surface area contributed by atoms with Crippen LogP contribution in [0.15, 0.2) is 11.9 Å². The summed E-state index contributed by atoms with van der Waals surface area (Å²) in [6.45, 7) is 0.0570. The largest absolute Gasteiger partial charge is 0.371 e. The zero-order chi connectivity index (χ0) is 10.8. The topological polar surface area (TPSA) is 9.23 Å². The molecule has 1 aliphatic heterocycles. The van der Waals surface area contributed by atoms with Gasteiger partial charge in [-0.05, 0) is 19.3 Å². The van der Waals surface area contributed by atoms with E-state index in [0.717, 1.165) is 0 Å². The molecule has 1 aliphatic rings. The van der Waals surface area contributed by atoms with Crippen LogP contribution in [-0.2, 0) is 4.74 Å². The van der Waals surface area contributed by atoms with Crippen molar-refractivity contribution >= 4 is 0 Å². The molecule has 0 aliphatic carbocycles. The van der Waals surface area contributed by atoms with E-state index in [1.165, 1.54) is 0 Å². The molecule has 1 rings (SSSR count). The zero-order valence-electron chi connectivity index (χ0n) is 7.20. The summed E-state index contributed by atoms with van der Waals surface area (Å²) in [5.74, 6) is -6.89. The van der Waals surface area contributed by atoms with Crippen molar-refractivity contribution in [3.63, 3.8) is 0 Å². The molecule has 0 aromatic carbocycles. The molecule has 1 saturated heterocycles. The summed E-state index contributed by atoms with van der Waals surface area (Å²) < 4.78 is 66.1. The van der Waals surface area contributed by atoms with E-state index in [-0.39, 0.29) is 13.0 Å². The maximum Gasteiger partial charge on any atom is 0.329 e. The number of hydrogen-bond acceptors (Lipinski definition) is 1. The van der Waals surface area contributed by atoms with E-state index in [0.29, 0.717) is 12.8 Å². The van der Waals surface area contributed by atoms with Crippen LogP contribution in [0.2, 0.25) is 0 Å². The fourth-order valence-electron chi connectivity index (χ4n) is 1.29. The number of hydrogen-bond donors (Lipinski definition) is 0. The molecule has 1 heterocycles. The highest BCUT2D eigenvalue weighted by atomic mass is 19.3. The molecular formula is C8H9F5O.